The Morgan fingerprint density at radius 2 is 1.23 bits per heavy atom. The SMILES string of the molecule is C=C[CH2][Pd+].CCCCCCCCCC.O=S(=O)([O-])C(F)(F)F. The molecule has 0 heterocycles. The monoisotopic (exact) mass is 438 g/mol. The Bertz CT molecular complexity index is 323. The third kappa shape index (κ3) is 25.1. The fourth-order valence-corrected chi connectivity index (χ4v) is 1.21. The quantitative estimate of drug-likeness (QED) is 0.169. The summed E-state index contributed by atoms with van der Waals surface area (Å²) in [5.41, 5.74) is -5.65. The summed E-state index contributed by atoms with van der Waals surface area (Å²) < 4.78 is 58.9. The first-order valence-electron chi connectivity index (χ1n) is 7.23. The Morgan fingerprint density at radius 3 is 1.36 bits per heavy atom. The molecule has 0 aliphatic carbocycles. The normalized spacial score (nSPS) is 10.9. The molecule has 0 rings (SSSR count). The van der Waals surface area contributed by atoms with Crippen molar-refractivity contribution in [2.24, 2.45) is 0 Å². The van der Waals surface area contributed by atoms with Gasteiger partial charge in [-0.25, -0.2) is 8.42 Å². The second kappa shape index (κ2) is 17.5. The summed E-state index contributed by atoms with van der Waals surface area (Å²) in [7, 11) is -6.09. The van der Waals surface area contributed by atoms with Crippen molar-refractivity contribution in [3.8, 4) is 0 Å². The third-order valence-corrected chi connectivity index (χ3v) is 3.35. The van der Waals surface area contributed by atoms with Crippen LogP contribution >= 0.6 is 0 Å². The molecule has 0 aromatic carbocycles. The molecule has 0 atom stereocenters. The molecule has 0 N–H and O–H groups in total. The van der Waals surface area contributed by atoms with Gasteiger partial charge in [-0.05, 0) is 0 Å². The van der Waals surface area contributed by atoms with Gasteiger partial charge in [0.1, 0.15) is 0 Å². The molecule has 0 saturated heterocycles. The maximum Gasteiger partial charge on any atom is 0.485 e. The van der Waals surface area contributed by atoms with Gasteiger partial charge in [0.05, 0.1) is 0 Å². The van der Waals surface area contributed by atoms with Gasteiger partial charge in [0.15, 0.2) is 10.1 Å². The summed E-state index contributed by atoms with van der Waals surface area (Å²) in [6, 6.07) is 0. The molecule has 0 aliphatic heterocycles. The average molecular weight is 439 g/mol. The van der Waals surface area contributed by atoms with Crippen LogP contribution in [0.1, 0.15) is 65.2 Å². The van der Waals surface area contributed by atoms with Crippen LogP contribution in [0.2, 0.25) is 4.89 Å². The summed E-state index contributed by atoms with van der Waals surface area (Å²) in [6.07, 6.45) is 13.3. The molecule has 0 fully saturated rings. The number of halogens is 3. The van der Waals surface area contributed by atoms with Gasteiger partial charge in [-0.2, -0.15) is 13.2 Å². The van der Waals surface area contributed by atoms with Gasteiger partial charge in [0, 0.05) is 0 Å². The van der Waals surface area contributed by atoms with Crippen LogP contribution in [0.5, 0.6) is 0 Å². The summed E-state index contributed by atoms with van der Waals surface area (Å²) in [4.78, 5) is 0.933. The topological polar surface area (TPSA) is 57.2 Å². The van der Waals surface area contributed by atoms with Gasteiger partial charge in [-0.15, -0.1) is 0 Å². The third-order valence-electron chi connectivity index (χ3n) is 2.33. The number of alkyl halides is 3. The van der Waals surface area contributed by atoms with Crippen LogP contribution in [-0.2, 0) is 29.3 Å². The first kappa shape index (κ1) is 27.0. The van der Waals surface area contributed by atoms with Crippen molar-refractivity contribution in [3.05, 3.63) is 12.7 Å². The van der Waals surface area contributed by atoms with Gasteiger partial charge < -0.3 is 4.55 Å². The molecule has 0 aromatic rings. The van der Waals surface area contributed by atoms with E-state index in [0.717, 1.165) is 4.89 Å². The second-order valence-electron chi connectivity index (χ2n) is 4.44. The number of unbranched alkanes of at least 4 members (excludes halogenated alkanes) is 7. The van der Waals surface area contributed by atoms with Crippen molar-refractivity contribution in [3.63, 3.8) is 0 Å². The molecule has 0 spiro atoms. The van der Waals surface area contributed by atoms with E-state index >= 15 is 0 Å². The largest absolute Gasteiger partial charge is 0.741 e. The summed E-state index contributed by atoms with van der Waals surface area (Å²) in [6.45, 7) is 7.98. The van der Waals surface area contributed by atoms with Crippen molar-refractivity contribution >= 4 is 10.1 Å². The fourth-order valence-electron chi connectivity index (χ4n) is 1.21. The van der Waals surface area contributed by atoms with E-state index in [1.54, 1.807) is 0 Å². The Labute approximate surface area is 143 Å². The average Bonchev–Trinajstić information content (AvgIpc) is 2.41. The van der Waals surface area contributed by atoms with Gasteiger partial charge in [0.25, 0.3) is 0 Å². The number of hydrogen-bond donors (Lipinski definition) is 0. The van der Waals surface area contributed by atoms with Crippen LogP contribution in [0.25, 0.3) is 0 Å². The molecule has 138 valence electrons. The first-order valence-corrected chi connectivity index (χ1v) is 9.73. The van der Waals surface area contributed by atoms with E-state index in [4.69, 9.17) is 13.0 Å². The van der Waals surface area contributed by atoms with Crippen LogP contribution in [0.4, 0.5) is 13.2 Å². The van der Waals surface area contributed by atoms with Gasteiger partial charge >= 0.3 is 42.3 Å². The predicted molar refractivity (Wildman–Crippen MR) is 79.0 cm³/mol. The maximum absolute atomic E-state index is 10.7. The Morgan fingerprint density at radius 1 is 1.00 bits per heavy atom. The van der Waals surface area contributed by atoms with Crippen LogP contribution in [0.15, 0.2) is 12.7 Å². The van der Waals surface area contributed by atoms with Crippen LogP contribution < -0.4 is 0 Å². The van der Waals surface area contributed by atoms with Crippen molar-refractivity contribution < 1.29 is 45.3 Å². The molecule has 0 aliphatic rings. The molecule has 8 heteroatoms. The predicted octanol–water partition coefficient (Wildman–Crippen LogP) is 5.34. The zero-order valence-corrected chi connectivity index (χ0v) is 15.6. The molecule has 22 heavy (non-hydrogen) atoms. The van der Waals surface area contributed by atoms with Crippen LogP contribution in [-0.4, -0.2) is 18.5 Å². The molecule has 0 unspecified atom stereocenters. The minimum Gasteiger partial charge on any atom is -0.741 e. The van der Waals surface area contributed by atoms with Crippen LogP contribution in [0, 0.1) is 0 Å². The summed E-state index contributed by atoms with van der Waals surface area (Å²) >= 11 is 2.92. The second-order valence-corrected chi connectivity index (χ2v) is 6.44. The van der Waals surface area contributed by atoms with Crippen molar-refractivity contribution in [1.82, 2.24) is 0 Å². The van der Waals surface area contributed by atoms with Gasteiger partial charge in [0.2, 0.25) is 0 Å². The van der Waals surface area contributed by atoms with Crippen LogP contribution in [0.3, 0.4) is 0 Å². The maximum atomic E-state index is 10.7. The number of hydrogen-bond acceptors (Lipinski definition) is 3. The van der Waals surface area contributed by atoms with Gasteiger partial charge in [-0.3, -0.25) is 0 Å². The van der Waals surface area contributed by atoms with E-state index in [0.29, 0.717) is 0 Å². The Balaban J connectivity index is -0.000000269. The summed E-state index contributed by atoms with van der Waals surface area (Å²) in [5, 5.41) is 0. The molecule has 0 amide bonds. The molecule has 0 saturated carbocycles. The van der Waals surface area contributed by atoms with Crippen molar-refractivity contribution in [1.29, 1.82) is 0 Å². The Hall–Kier alpha value is 0.102. The minimum absolute atomic E-state index is 0.933. The van der Waals surface area contributed by atoms with E-state index in [1.807, 2.05) is 6.08 Å². The Kier molecular flexibility index (Phi) is 21.4. The molecular formula is C14H27F3O3PdS. The smallest absolute Gasteiger partial charge is 0.485 e. The molecule has 0 bridgehead atoms. The summed E-state index contributed by atoms with van der Waals surface area (Å²) in [5.74, 6) is 0. The first-order chi connectivity index (χ1) is 10.1. The molecule has 0 aromatic heterocycles. The minimum atomic E-state index is -6.09. The van der Waals surface area contributed by atoms with E-state index in [1.165, 1.54) is 51.4 Å². The van der Waals surface area contributed by atoms with E-state index < -0.39 is 15.6 Å². The number of rotatable bonds is 8. The van der Waals surface area contributed by atoms with Crippen molar-refractivity contribution in [2.45, 2.75) is 75.6 Å². The molecule has 3 nitrogen and oxygen atoms in total. The molecule has 0 radical (unpaired) electrons. The molecular weight excluding hydrogens is 412 g/mol. The zero-order chi connectivity index (χ0) is 18.1. The zero-order valence-electron chi connectivity index (χ0n) is 13.2. The van der Waals surface area contributed by atoms with E-state index in [9.17, 15) is 13.2 Å². The fraction of sp³-hybridized carbons (Fsp3) is 0.857. The van der Waals surface area contributed by atoms with Gasteiger partial charge in [-0.1, -0.05) is 65.2 Å². The van der Waals surface area contributed by atoms with E-state index in [-0.39, 0.29) is 0 Å². The number of allylic oxidation sites excluding steroid dienone is 1. The van der Waals surface area contributed by atoms with Crippen molar-refractivity contribution in [2.75, 3.05) is 0 Å². The van der Waals surface area contributed by atoms with E-state index in [2.05, 4.69) is 39.6 Å². The standard InChI is InChI=1S/C10H22.C3H5.CHF3O3S.Pd/c1-3-5-7-9-10-8-6-4-2;1-3-2;2-1(3,4)8(5,6)7;/h3-10H2,1-2H3;3H,1-2H2;(H,5,6,7);/q;;;+1/p-1.